The lowest BCUT2D eigenvalue weighted by Crippen LogP contribution is -2.48. The van der Waals surface area contributed by atoms with Gasteiger partial charge in [0, 0.05) is 12.6 Å². The predicted octanol–water partition coefficient (Wildman–Crippen LogP) is 2.04. The number of hydrogen-bond acceptors (Lipinski definition) is 6. The Balaban J connectivity index is 1.50. The standard InChI is InChI=1S/C20H28N4O5/c25-13-23(28)11-15(9-14-3-1-2-4-14)19(27)24-12-20(6-7-20)10-16(24)18(26)22-17-5-8-21-29-17/h5,8,13-16,28H,1-4,6-7,9-12H2,(H,22,26)/t15?,16-/m0/s1. The maximum atomic E-state index is 13.5. The second-order valence-electron chi connectivity index (χ2n) is 8.86. The summed E-state index contributed by atoms with van der Waals surface area (Å²) in [5, 5.41) is 16.6. The maximum Gasteiger partial charge on any atom is 0.249 e. The minimum Gasteiger partial charge on any atom is -0.338 e. The van der Waals surface area contributed by atoms with Gasteiger partial charge in [0.1, 0.15) is 6.04 Å². The lowest BCUT2D eigenvalue weighted by molar-refractivity contribution is -0.158. The molecule has 0 aromatic carbocycles. The molecule has 0 radical (unpaired) electrons. The van der Waals surface area contributed by atoms with Crippen LogP contribution in [0.1, 0.15) is 51.4 Å². The van der Waals surface area contributed by atoms with E-state index >= 15 is 0 Å². The molecule has 2 saturated carbocycles. The number of likely N-dealkylation sites (tertiary alicyclic amines) is 1. The Kier molecular flexibility index (Phi) is 5.58. The fourth-order valence-corrected chi connectivity index (χ4v) is 4.95. The zero-order valence-corrected chi connectivity index (χ0v) is 16.5. The van der Waals surface area contributed by atoms with Gasteiger partial charge in [-0.05, 0) is 37.0 Å². The number of aromatic nitrogens is 1. The van der Waals surface area contributed by atoms with E-state index in [2.05, 4.69) is 10.5 Å². The Labute approximate surface area is 169 Å². The van der Waals surface area contributed by atoms with Crippen LogP contribution in [0.3, 0.4) is 0 Å². The molecule has 2 aliphatic carbocycles. The van der Waals surface area contributed by atoms with Crippen molar-refractivity contribution in [3.8, 4) is 0 Å². The summed E-state index contributed by atoms with van der Waals surface area (Å²) in [5.41, 5.74) is 0.0283. The highest BCUT2D eigenvalue weighted by atomic mass is 16.5. The average molecular weight is 404 g/mol. The molecule has 1 unspecified atom stereocenters. The van der Waals surface area contributed by atoms with Crippen LogP contribution in [0.5, 0.6) is 0 Å². The minimum atomic E-state index is -0.579. The number of anilines is 1. The van der Waals surface area contributed by atoms with Crippen LogP contribution in [-0.4, -0.2) is 57.7 Å². The van der Waals surface area contributed by atoms with Crippen LogP contribution < -0.4 is 5.32 Å². The van der Waals surface area contributed by atoms with Gasteiger partial charge in [0.25, 0.3) is 0 Å². The van der Waals surface area contributed by atoms with Gasteiger partial charge in [0.15, 0.2) is 0 Å². The Morgan fingerprint density at radius 3 is 2.79 bits per heavy atom. The lowest BCUT2D eigenvalue weighted by atomic mass is 9.91. The number of hydrogen-bond donors (Lipinski definition) is 2. The highest BCUT2D eigenvalue weighted by Gasteiger charge is 2.56. The molecule has 3 fully saturated rings. The van der Waals surface area contributed by atoms with E-state index in [9.17, 15) is 19.6 Å². The second kappa shape index (κ2) is 8.14. The van der Waals surface area contributed by atoms with Gasteiger partial charge in [-0.2, -0.15) is 0 Å². The summed E-state index contributed by atoms with van der Waals surface area (Å²) < 4.78 is 4.97. The molecule has 9 heteroatoms. The number of nitrogens with zero attached hydrogens (tertiary/aromatic N) is 3. The second-order valence-corrected chi connectivity index (χ2v) is 8.86. The van der Waals surface area contributed by atoms with Crippen LogP contribution in [0, 0.1) is 17.3 Å². The molecule has 0 bridgehead atoms. The summed E-state index contributed by atoms with van der Waals surface area (Å²) in [6.07, 6.45) is 9.49. The third-order valence-corrected chi connectivity index (χ3v) is 6.71. The largest absolute Gasteiger partial charge is 0.338 e. The molecule has 3 aliphatic rings. The van der Waals surface area contributed by atoms with Crippen molar-refractivity contribution >= 4 is 24.1 Å². The number of carbonyl (C=O) groups is 3. The molecule has 4 rings (SSSR count). The number of rotatable bonds is 8. The molecular formula is C20H28N4O5. The first-order chi connectivity index (χ1) is 14.0. The van der Waals surface area contributed by atoms with Gasteiger partial charge in [-0.1, -0.05) is 30.8 Å². The monoisotopic (exact) mass is 404 g/mol. The van der Waals surface area contributed by atoms with Crippen LogP contribution in [0.4, 0.5) is 5.88 Å². The van der Waals surface area contributed by atoms with Crippen molar-refractivity contribution in [3.63, 3.8) is 0 Å². The summed E-state index contributed by atoms with van der Waals surface area (Å²) >= 11 is 0. The molecule has 2 N–H and O–H groups in total. The van der Waals surface area contributed by atoms with Crippen LogP contribution >= 0.6 is 0 Å². The van der Waals surface area contributed by atoms with E-state index in [1.54, 1.807) is 11.0 Å². The first-order valence-corrected chi connectivity index (χ1v) is 10.4. The van der Waals surface area contributed by atoms with Crippen molar-refractivity contribution in [2.75, 3.05) is 18.4 Å². The van der Waals surface area contributed by atoms with E-state index in [1.807, 2.05) is 0 Å². The summed E-state index contributed by atoms with van der Waals surface area (Å²) in [7, 11) is 0. The van der Waals surface area contributed by atoms with Gasteiger partial charge < -0.3 is 9.42 Å². The average Bonchev–Trinajstić information content (AvgIpc) is 3.13. The molecule has 9 nitrogen and oxygen atoms in total. The third kappa shape index (κ3) is 4.44. The molecule has 2 heterocycles. The quantitative estimate of drug-likeness (QED) is 0.389. The predicted molar refractivity (Wildman–Crippen MR) is 102 cm³/mol. The van der Waals surface area contributed by atoms with E-state index in [4.69, 9.17) is 4.52 Å². The fourth-order valence-electron chi connectivity index (χ4n) is 4.95. The van der Waals surface area contributed by atoms with Gasteiger partial charge in [0.05, 0.1) is 18.7 Å². The van der Waals surface area contributed by atoms with Crippen LogP contribution in [0.2, 0.25) is 0 Å². The number of hydroxylamine groups is 2. The normalized spacial score (nSPS) is 23.9. The topological polar surface area (TPSA) is 116 Å². The molecule has 2 atom stereocenters. The Morgan fingerprint density at radius 1 is 1.41 bits per heavy atom. The van der Waals surface area contributed by atoms with Gasteiger partial charge in [-0.3, -0.25) is 24.9 Å². The molecule has 158 valence electrons. The third-order valence-electron chi connectivity index (χ3n) is 6.71. The molecule has 1 saturated heterocycles. The molecular weight excluding hydrogens is 376 g/mol. The van der Waals surface area contributed by atoms with E-state index in [-0.39, 0.29) is 29.7 Å². The zero-order chi connectivity index (χ0) is 20.4. The maximum absolute atomic E-state index is 13.5. The van der Waals surface area contributed by atoms with Crippen molar-refractivity contribution < 1.29 is 24.1 Å². The van der Waals surface area contributed by atoms with Crippen molar-refractivity contribution in [1.29, 1.82) is 0 Å². The van der Waals surface area contributed by atoms with Crippen LogP contribution in [0.25, 0.3) is 0 Å². The molecule has 1 spiro atoms. The van der Waals surface area contributed by atoms with E-state index in [1.165, 1.54) is 6.20 Å². The van der Waals surface area contributed by atoms with Gasteiger partial charge in [-0.25, -0.2) is 5.06 Å². The number of amides is 3. The van der Waals surface area contributed by atoms with Gasteiger partial charge in [-0.15, -0.1) is 0 Å². The summed E-state index contributed by atoms with van der Waals surface area (Å²) in [5.74, 6) is -0.274. The smallest absolute Gasteiger partial charge is 0.249 e. The van der Waals surface area contributed by atoms with E-state index in [0.717, 1.165) is 38.5 Å². The first kappa shape index (κ1) is 19.9. The zero-order valence-electron chi connectivity index (χ0n) is 16.5. The number of nitrogens with one attached hydrogen (secondary N) is 1. The molecule has 1 aromatic rings. The lowest BCUT2D eigenvalue weighted by Gasteiger charge is -2.30. The Morgan fingerprint density at radius 2 is 2.17 bits per heavy atom. The molecule has 1 aliphatic heterocycles. The van der Waals surface area contributed by atoms with Gasteiger partial charge >= 0.3 is 0 Å². The van der Waals surface area contributed by atoms with Crippen molar-refractivity contribution in [2.24, 2.45) is 17.3 Å². The van der Waals surface area contributed by atoms with E-state index < -0.39 is 12.0 Å². The number of carbonyl (C=O) groups excluding carboxylic acids is 3. The Hall–Kier alpha value is -2.42. The summed E-state index contributed by atoms with van der Waals surface area (Å²) in [6, 6.07) is 0.979. The Bertz CT molecular complexity index is 742. The van der Waals surface area contributed by atoms with Crippen LogP contribution in [0.15, 0.2) is 16.8 Å². The first-order valence-electron chi connectivity index (χ1n) is 10.4. The summed E-state index contributed by atoms with van der Waals surface area (Å²) in [6.45, 7) is 0.507. The van der Waals surface area contributed by atoms with Crippen LogP contribution in [-0.2, 0) is 14.4 Å². The van der Waals surface area contributed by atoms with Crippen molar-refractivity contribution in [1.82, 2.24) is 15.1 Å². The minimum absolute atomic E-state index is 0.0283. The SMILES string of the molecule is O=CN(O)CC(CC1CCCC1)C(=O)N1CC2(CC2)C[C@H]1C(=O)Nc1ccno1. The fraction of sp³-hybridized carbons (Fsp3) is 0.700. The highest BCUT2D eigenvalue weighted by molar-refractivity contribution is 5.97. The summed E-state index contributed by atoms with van der Waals surface area (Å²) in [4.78, 5) is 39.0. The van der Waals surface area contributed by atoms with Gasteiger partial charge in [0.2, 0.25) is 24.1 Å². The highest BCUT2D eigenvalue weighted by Crippen LogP contribution is 2.55. The molecule has 3 amide bonds. The van der Waals surface area contributed by atoms with E-state index in [0.29, 0.717) is 36.8 Å². The molecule has 1 aromatic heterocycles. The molecule has 29 heavy (non-hydrogen) atoms. The van der Waals surface area contributed by atoms with Crippen molar-refractivity contribution in [2.45, 2.75) is 57.4 Å². The van der Waals surface area contributed by atoms with Crippen molar-refractivity contribution in [3.05, 3.63) is 12.3 Å².